The van der Waals surface area contributed by atoms with E-state index in [0.717, 1.165) is 56.9 Å². The summed E-state index contributed by atoms with van der Waals surface area (Å²) in [6.45, 7) is 7.20. The summed E-state index contributed by atoms with van der Waals surface area (Å²) >= 11 is 0. The highest BCUT2D eigenvalue weighted by Gasteiger charge is 2.47. The maximum atomic E-state index is 14.1. The van der Waals surface area contributed by atoms with Crippen LogP contribution in [0.3, 0.4) is 0 Å². The number of sulfone groups is 1. The molecule has 2 fully saturated rings. The predicted octanol–water partition coefficient (Wildman–Crippen LogP) is 5.67. The summed E-state index contributed by atoms with van der Waals surface area (Å²) in [6, 6.07) is 4.91. The van der Waals surface area contributed by atoms with Crippen molar-refractivity contribution in [3.63, 3.8) is 0 Å². The van der Waals surface area contributed by atoms with E-state index in [1.165, 1.54) is 6.07 Å². The van der Waals surface area contributed by atoms with Crippen LogP contribution in [0.4, 0.5) is 4.39 Å². The van der Waals surface area contributed by atoms with Gasteiger partial charge in [-0.25, -0.2) is 12.8 Å². The zero-order chi connectivity index (χ0) is 20.4. The lowest BCUT2D eigenvalue weighted by Gasteiger charge is -2.19. The van der Waals surface area contributed by atoms with Gasteiger partial charge in [-0.05, 0) is 67.6 Å². The number of ether oxygens (including phenoxy) is 1. The second-order valence-electron chi connectivity index (χ2n) is 10.1. The highest BCUT2D eigenvalue weighted by molar-refractivity contribution is 7.91. The van der Waals surface area contributed by atoms with Crippen LogP contribution >= 0.6 is 0 Å². The first kappa shape index (κ1) is 21.6. The third-order valence-corrected chi connectivity index (χ3v) is 7.85. The van der Waals surface area contributed by atoms with Gasteiger partial charge in [-0.2, -0.15) is 0 Å². The molecule has 0 unspecified atom stereocenters. The lowest BCUT2D eigenvalue weighted by molar-refractivity contribution is 0.285. The standard InChI is InChI=1S/C23H35FO3S/c1-22(2,3)11-5-4-6-14-28(25,26)17-23(12-13-23)19-9-10-20(24)21(15-19)27-16-18-7-8-18/h9-10,15,18H,4-8,11-14,16-17H2,1-3H3. The minimum absolute atomic E-state index is 0.174. The number of halogens is 1. The van der Waals surface area contributed by atoms with E-state index >= 15 is 0 Å². The molecule has 0 radical (unpaired) electrons. The van der Waals surface area contributed by atoms with Gasteiger partial charge < -0.3 is 4.74 Å². The molecule has 1 aromatic carbocycles. The molecular weight excluding hydrogens is 375 g/mol. The first-order chi connectivity index (χ1) is 13.1. The van der Waals surface area contributed by atoms with Gasteiger partial charge in [0.05, 0.1) is 18.1 Å². The monoisotopic (exact) mass is 410 g/mol. The second-order valence-corrected chi connectivity index (χ2v) is 12.3. The normalized spacial score (nSPS) is 18.9. The summed E-state index contributed by atoms with van der Waals surface area (Å²) in [7, 11) is -3.11. The van der Waals surface area contributed by atoms with E-state index in [1.807, 2.05) is 0 Å². The Morgan fingerprint density at radius 1 is 1.14 bits per heavy atom. The molecule has 0 aromatic heterocycles. The molecule has 3 rings (SSSR count). The molecule has 0 heterocycles. The molecule has 2 saturated carbocycles. The Labute approximate surface area is 170 Å². The minimum Gasteiger partial charge on any atom is -0.490 e. The first-order valence-electron chi connectivity index (χ1n) is 10.7. The molecule has 0 saturated heterocycles. The van der Waals surface area contributed by atoms with Gasteiger partial charge in [-0.1, -0.05) is 39.7 Å². The Balaban J connectivity index is 1.54. The molecule has 3 nitrogen and oxygen atoms in total. The second kappa shape index (κ2) is 8.33. The molecule has 28 heavy (non-hydrogen) atoms. The van der Waals surface area contributed by atoms with E-state index in [-0.39, 0.29) is 28.5 Å². The van der Waals surface area contributed by atoms with Crippen LogP contribution in [0.1, 0.15) is 77.7 Å². The number of rotatable bonds is 11. The maximum Gasteiger partial charge on any atom is 0.165 e. The zero-order valence-electron chi connectivity index (χ0n) is 17.6. The van der Waals surface area contributed by atoms with Crippen molar-refractivity contribution in [3.05, 3.63) is 29.6 Å². The van der Waals surface area contributed by atoms with Crippen LogP contribution < -0.4 is 4.74 Å². The lowest BCUT2D eigenvalue weighted by atomic mass is 9.90. The summed E-state index contributed by atoms with van der Waals surface area (Å²) in [5.74, 6) is 0.895. The predicted molar refractivity (Wildman–Crippen MR) is 112 cm³/mol. The Bertz CT molecular complexity index is 772. The van der Waals surface area contributed by atoms with Crippen LogP contribution in [0.5, 0.6) is 5.75 Å². The largest absolute Gasteiger partial charge is 0.490 e. The molecular formula is C23H35FO3S. The maximum absolute atomic E-state index is 14.1. The van der Waals surface area contributed by atoms with Crippen LogP contribution in [0.2, 0.25) is 0 Å². The van der Waals surface area contributed by atoms with Crippen LogP contribution in [-0.2, 0) is 15.3 Å². The smallest absolute Gasteiger partial charge is 0.165 e. The van der Waals surface area contributed by atoms with Crippen LogP contribution in [0.15, 0.2) is 18.2 Å². The fourth-order valence-electron chi connectivity index (χ4n) is 3.75. The van der Waals surface area contributed by atoms with Gasteiger partial charge in [0, 0.05) is 5.41 Å². The molecule has 0 aliphatic heterocycles. The van der Waals surface area contributed by atoms with Gasteiger partial charge in [-0.15, -0.1) is 0 Å². The van der Waals surface area contributed by atoms with Gasteiger partial charge in [0.1, 0.15) is 0 Å². The van der Waals surface area contributed by atoms with Gasteiger partial charge in [0.2, 0.25) is 0 Å². The highest BCUT2D eigenvalue weighted by atomic mass is 32.2. The third kappa shape index (κ3) is 6.47. The summed E-state index contributed by atoms with van der Waals surface area (Å²) in [4.78, 5) is 0. The molecule has 0 N–H and O–H groups in total. The fourth-order valence-corrected chi connectivity index (χ4v) is 5.84. The summed E-state index contributed by atoms with van der Waals surface area (Å²) in [5, 5.41) is 0. The van der Waals surface area contributed by atoms with Crippen molar-refractivity contribution in [2.45, 2.75) is 77.6 Å². The fraction of sp³-hybridized carbons (Fsp3) is 0.739. The van der Waals surface area contributed by atoms with Crippen LogP contribution in [-0.4, -0.2) is 26.5 Å². The third-order valence-electron chi connectivity index (χ3n) is 5.95. The molecule has 1 aromatic rings. The molecule has 0 amide bonds. The number of hydrogen-bond donors (Lipinski definition) is 0. The molecule has 0 bridgehead atoms. The Morgan fingerprint density at radius 3 is 2.46 bits per heavy atom. The topological polar surface area (TPSA) is 43.4 Å². The van der Waals surface area contributed by atoms with Gasteiger partial charge in [0.25, 0.3) is 0 Å². The van der Waals surface area contributed by atoms with Crippen molar-refractivity contribution >= 4 is 9.84 Å². The van der Waals surface area contributed by atoms with Crippen LogP contribution in [0, 0.1) is 17.2 Å². The summed E-state index contributed by atoms with van der Waals surface area (Å²) in [5.41, 5.74) is 0.880. The molecule has 158 valence electrons. The van der Waals surface area contributed by atoms with Crippen molar-refractivity contribution in [3.8, 4) is 5.75 Å². The van der Waals surface area contributed by atoms with E-state index in [0.29, 0.717) is 17.9 Å². The molecule has 0 spiro atoms. The lowest BCUT2D eigenvalue weighted by Crippen LogP contribution is -2.23. The van der Waals surface area contributed by atoms with Crippen LogP contribution in [0.25, 0.3) is 0 Å². The molecule has 2 aliphatic rings. The van der Waals surface area contributed by atoms with E-state index < -0.39 is 9.84 Å². The van der Waals surface area contributed by atoms with Crippen molar-refractivity contribution in [2.24, 2.45) is 11.3 Å². The highest BCUT2D eigenvalue weighted by Crippen LogP contribution is 2.50. The average Bonchev–Trinajstić information content (AvgIpc) is 3.49. The number of benzene rings is 1. The van der Waals surface area contributed by atoms with Crippen molar-refractivity contribution in [1.82, 2.24) is 0 Å². The zero-order valence-corrected chi connectivity index (χ0v) is 18.4. The quantitative estimate of drug-likeness (QED) is 0.442. The Hall–Kier alpha value is -1.10. The number of hydrogen-bond acceptors (Lipinski definition) is 3. The molecule has 0 atom stereocenters. The van der Waals surface area contributed by atoms with E-state index in [1.54, 1.807) is 12.1 Å². The molecule has 2 aliphatic carbocycles. The Morgan fingerprint density at radius 2 is 1.86 bits per heavy atom. The van der Waals surface area contributed by atoms with Crippen molar-refractivity contribution < 1.29 is 17.5 Å². The van der Waals surface area contributed by atoms with Crippen molar-refractivity contribution in [1.29, 1.82) is 0 Å². The number of unbranched alkanes of at least 4 members (excludes halogenated alkanes) is 2. The van der Waals surface area contributed by atoms with E-state index in [2.05, 4.69) is 20.8 Å². The SMILES string of the molecule is CC(C)(C)CCCCCS(=O)(=O)CC1(c2ccc(F)c(OCC3CC3)c2)CC1. The summed E-state index contributed by atoms with van der Waals surface area (Å²) < 4.78 is 45.1. The van der Waals surface area contributed by atoms with Gasteiger partial charge in [0.15, 0.2) is 21.4 Å². The minimum atomic E-state index is -3.11. The van der Waals surface area contributed by atoms with Gasteiger partial charge in [-0.3, -0.25) is 0 Å². The van der Waals surface area contributed by atoms with E-state index in [9.17, 15) is 12.8 Å². The Kier molecular flexibility index (Phi) is 6.43. The average molecular weight is 411 g/mol. The molecule has 5 heteroatoms. The van der Waals surface area contributed by atoms with Gasteiger partial charge >= 0.3 is 0 Å². The van der Waals surface area contributed by atoms with Crippen molar-refractivity contribution in [2.75, 3.05) is 18.1 Å². The van der Waals surface area contributed by atoms with E-state index in [4.69, 9.17) is 4.74 Å². The summed E-state index contributed by atoms with van der Waals surface area (Å²) in [6.07, 6.45) is 7.89. The first-order valence-corrected chi connectivity index (χ1v) is 12.5.